The van der Waals surface area contributed by atoms with Crippen LogP contribution in [0.15, 0.2) is 48.1 Å². The Morgan fingerprint density at radius 3 is 2.73 bits per heavy atom. The molecule has 0 aliphatic heterocycles. The van der Waals surface area contributed by atoms with Gasteiger partial charge in [0, 0.05) is 17.4 Å². The van der Waals surface area contributed by atoms with Crippen molar-refractivity contribution in [2.45, 2.75) is 64.9 Å². The third-order valence-electron chi connectivity index (χ3n) is 4.58. The maximum absolute atomic E-state index is 12.2. The quantitative estimate of drug-likeness (QED) is 0.256. The molecule has 0 aromatic carbocycles. The molecule has 2 atom stereocenters. The van der Waals surface area contributed by atoms with Crippen LogP contribution in [-0.2, 0) is 14.3 Å². The van der Waals surface area contributed by atoms with Crippen molar-refractivity contribution in [1.82, 2.24) is 0 Å². The smallest absolute Gasteiger partial charge is 0.305 e. The summed E-state index contributed by atoms with van der Waals surface area (Å²) in [7, 11) is 1.40. The normalized spacial score (nSPS) is 22.8. The van der Waals surface area contributed by atoms with Gasteiger partial charge in [-0.25, -0.2) is 0 Å². The molecule has 0 fully saturated rings. The standard InChI is InChI=1S/C22H32O4/c1-4-5-8-11-18(23)13-14-19-20(24)15-17-22(19,2)16-10-7-6-9-12-21(25)26-3/h5,7-8,10,14-15,17-18,23H,4,6,9,11-13,16H2,1-3H3/b8-5-,10-7-,19-14-/t18-,22+/m0/s1. The lowest BCUT2D eigenvalue weighted by molar-refractivity contribution is -0.140. The third-order valence-corrected chi connectivity index (χ3v) is 4.58. The first-order valence-corrected chi connectivity index (χ1v) is 9.42. The van der Waals surface area contributed by atoms with Gasteiger partial charge in [0.1, 0.15) is 0 Å². The predicted octanol–water partition coefficient (Wildman–Crippen LogP) is 4.45. The van der Waals surface area contributed by atoms with Gasteiger partial charge >= 0.3 is 5.97 Å². The molecular weight excluding hydrogens is 328 g/mol. The van der Waals surface area contributed by atoms with Gasteiger partial charge in [0.15, 0.2) is 5.78 Å². The summed E-state index contributed by atoms with van der Waals surface area (Å²) in [6, 6.07) is 0. The van der Waals surface area contributed by atoms with Crippen LogP contribution in [0.25, 0.3) is 0 Å². The van der Waals surface area contributed by atoms with Gasteiger partial charge in [-0.05, 0) is 44.6 Å². The van der Waals surface area contributed by atoms with Crippen LogP contribution in [0.5, 0.6) is 0 Å². The molecule has 0 heterocycles. The van der Waals surface area contributed by atoms with E-state index in [0.29, 0.717) is 19.3 Å². The fraction of sp³-hybridized carbons (Fsp3) is 0.545. The minimum absolute atomic E-state index is 0.0305. The fourth-order valence-corrected chi connectivity index (χ4v) is 2.91. The molecule has 144 valence electrons. The summed E-state index contributed by atoms with van der Waals surface area (Å²) in [5.74, 6) is -0.157. The molecule has 0 bridgehead atoms. The topological polar surface area (TPSA) is 63.6 Å². The second-order valence-corrected chi connectivity index (χ2v) is 6.88. The average Bonchev–Trinajstić information content (AvgIpc) is 2.90. The molecule has 0 radical (unpaired) electrons. The Bertz CT molecular complexity index is 583. The molecule has 0 aromatic heterocycles. The number of ketones is 1. The van der Waals surface area contributed by atoms with Gasteiger partial charge in [-0.15, -0.1) is 0 Å². The maximum Gasteiger partial charge on any atom is 0.305 e. The van der Waals surface area contributed by atoms with Gasteiger partial charge in [-0.3, -0.25) is 9.59 Å². The van der Waals surface area contributed by atoms with Crippen LogP contribution in [-0.4, -0.2) is 30.1 Å². The number of methoxy groups -OCH3 is 1. The van der Waals surface area contributed by atoms with Crippen LogP contribution >= 0.6 is 0 Å². The molecule has 1 N–H and O–H groups in total. The van der Waals surface area contributed by atoms with E-state index in [1.807, 2.05) is 37.3 Å². The predicted molar refractivity (Wildman–Crippen MR) is 105 cm³/mol. The fourth-order valence-electron chi connectivity index (χ4n) is 2.91. The van der Waals surface area contributed by atoms with Gasteiger partial charge in [0.25, 0.3) is 0 Å². The molecule has 1 aliphatic carbocycles. The van der Waals surface area contributed by atoms with Crippen molar-refractivity contribution in [3.05, 3.63) is 48.1 Å². The zero-order valence-corrected chi connectivity index (χ0v) is 16.2. The Morgan fingerprint density at radius 2 is 2.04 bits per heavy atom. The number of hydrogen-bond acceptors (Lipinski definition) is 4. The van der Waals surface area contributed by atoms with E-state index in [0.717, 1.165) is 31.3 Å². The lowest BCUT2D eigenvalue weighted by Crippen LogP contribution is -2.16. The van der Waals surface area contributed by atoms with Gasteiger partial charge in [-0.1, -0.05) is 50.3 Å². The van der Waals surface area contributed by atoms with Crippen molar-refractivity contribution in [3.63, 3.8) is 0 Å². The van der Waals surface area contributed by atoms with Crippen molar-refractivity contribution in [2.24, 2.45) is 5.41 Å². The van der Waals surface area contributed by atoms with Crippen molar-refractivity contribution in [3.8, 4) is 0 Å². The summed E-state index contributed by atoms with van der Waals surface area (Å²) in [6.07, 6.45) is 17.9. The lowest BCUT2D eigenvalue weighted by Gasteiger charge is -2.22. The van der Waals surface area contributed by atoms with Crippen molar-refractivity contribution in [2.75, 3.05) is 7.11 Å². The first kappa shape index (κ1) is 22.1. The number of esters is 1. The second kappa shape index (κ2) is 11.6. The van der Waals surface area contributed by atoms with E-state index in [1.54, 1.807) is 6.08 Å². The SMILES string of the molecule is CC/C=C\C[C@H](O)C/C=C1/C(=O)C=C[C@@]1(C)C/C=C\CCCC(=O)OC. The van der Waals surface area contributed by atoms with Crippen molar-refractivity contribution < 1.29 is 19.4 Å². The van der Waals surface area contributed by atoms with E-state index in [4.69, 9.17) is 0 Å². The largest absolute Gasteiger partial charge is 0.469 e. The third kappa shape index (κ3) is 7.52. The summed E-state index contributed by atoms with van der Waals surface area (Å²) in [5.41, 5.74) is 0.435. The Balaban J connectivity index is 2.54. The second-order valence-electron chi connectivity index (χ2n) is 6.88. The van der Waals surface area contributed by atoms with Crippen LogP contribution in [0.4, 0.5) is 0 Å². The Hall–Kier alpha value is -1.94. The monoisotopic (exact) mass is 360 g/mol. The first-order valence-electron chi connectivity index (χ1n) is 9.42. The van der Waals surface area contributed by atoms with Crippen LogP contribution in [0.3, 0.4) is 0 Å². The van der Waals surface area contributed by atoms with E-state index >= 15 is 0 Å². The molecule has 4 nitrogen and oxygen atoms in total. The number of ether oxygens (including phenoxy) is 1. The van der Waals surface area contributed by atoms with E-state index in [1.165, 1.54) is 7.11 Å². The van der Waals surface area contributed by atoms with E-state index in [9.17, 15) is 14.7 Å². The molecule has 0 unspecified atom stereocenters. The maximum atomic E-state index is 12.2. The van der Waals surface area contributed by atoms with Gasteiger partial charge in [-0.2, -0.15) is 0 Å². The van der Waals surface area contributed by atoms with Crippen molar-refractivity contribution in [1.29, 1.82) is 0 Å². The number of unbranched alkanes of at least 4 members (excludes halogenated alkanes) is 1. The van der Waals surface area contributed by atoms with Gasteiger partial charge in [0.2, 0.25) is 0 Å². The van der Waals surface area contributed by atoms with Crippen LogP contribution in [0.1, 0.15) is 58.8 Å². The van der Waals surface area contributed by atoms with Crippen LogP contribution < -0.4 is 0 Å². The molecule has 0 spiro atoms. The van der Waals surface area contributed by atoms with Gasteiger partial charge < -0.3 is 9.84 Å². The number of aliphatic hydroxyl groups is 1. The summed E-state index contributed by atoms with van der Waals surface area (Å²) in [5, 5.41) is 10.1. The highest BCUT2D eigenvalue weighted by Gasteiger charge is 2.33. The van der Waals surface area contributed by atoms with E-state index < -0.39 is 6.10 Å². The van der Waals surface area contributed by atoms with E-state index in [-0.39, 0.29) is 17.2 Å². The van der Waals surface area contributed by atoms with Gasteiger partial charge in [0.05, 0.1) is 13.2 Å². The van der Waals surface area contributed by atoms with Crippen LogP contribution in [0, 0.1) is 5.41 Å². The zero-order valence-electron chi connectivity index (χ0n) is 16.2. The Labute approximate surface area is 157 Å². The summed E-state index contributed by atoms with van der Waals surface area (Å²) in [4.78, 5) is 23.2. The number of carbonyl (C=O) groups is 2. The highest BCUT2D eigenvalue weighted by atomic mass is 16.5. The van der Waals surface area contributed by atoms with E-state index in [2.05, 4.69) is 17.7 Å². The van der Waals surface area contributed by atoms with Crippen LogP contribution in [0.2, 0.25) is 0 Å². The zero-order chi connectivity index (χ0) is 19.4. The summed E-state index contributed by atoms with van der Waals surface area (Å²) in [6.45, 7) is 4.10. The minimum atomic E-state index is -0.461. The minimum Gasteiger partial charge on any atom is -0.469 e. The summed E-state index contributed by atoms with van der Waals surface area (Å²) < 4.78 is 4.62. The number of rotatable bonds is 11. The highest BCUT2D eigenvalue weighted by Crippen LogP contribution is 2.39. The molecule has 1 aliphatic rings. The Kier molecular flexibility index (Phi) is 9.89. The number of aliphatic hydroxyl groups excluding tert-OH is 1. The highest BCUT2D eigenvalue weighted by molar-refractivity contribution is 6.08. The summed E-state index contributed by atoms with van der Waals surface area (Å²) >= 11 is 0. The molecule has 0 saturated carbocycles. The average molecular weight is 360 g/mol. The number of allylic oxidation sites excluding steroid dienone is 6. The lowest BCUT2D eigenvalue weighted by atomic mass is 9.80. The first-order chi connectivity index (χ1) is 12.4. The molecule has 1 rings (SSSR count). The Morgan fingerprint density at radius 1 is 1.27 bits per heavy atom. The number of hydrogen-bond donors (Lipinski definition) is 1. The molecule has 0 aromatic rings. The molecule has 0 amide bonds. The van der Waals surface area contributed by atoms with Crippen molar-refractivity contribution >= 4 is 11.8 Å². The molecule has 26 heavy (non-hydrogen) atoms. The number of carbonyl (C=O) groups excluding carboxylic acids is 2. The molecule has 0 saturated heterocycles. The molecule has 4 heteroatoms. The molecular formula is C22H32O4.